The minimum atomic E-state index is -0.835. The molecule has 4 rings (SSSR count). The number of Topliss-reactive ketones (excluding diaryl/α,β-unsaturated/α-hetero) is 1. The molecule has 1 saturated heterocycles. The summed E-state index contributed by atoms with van der Waals surface area (Å²) in [5, 5.41) is 21.4. The van der Waals surface area contributed by atoms with E-state index >= 15 is 0 Å². The van der Waals surface area contributed by atoms with Crippen LogP contribution in [0.15, 0.2) is 72.3 Å². The first-order valence-electron chi connectivity index (χ1n) is 12.8. The summed E-state index contributed by atoms with van der Waals surface area (Å²) < 4.78 is 11.2. The molecule has 1 amide bonds. The number of aromatic hydroxyl groups is 1. The van der Waals surface area contributed by atoms with Crippen molar-refractivity contribution in [2.24, 2.45) is 0 Å². The third-order valence-electron chi connectivity index (χ3n) is 6.85. The predicted octanol–water partition coefficient (Wildman–Crippen LogP) is 4.66. The van der Waals surface area contributed by atoms with Gasteiger partial charge in [-0.1, -0.05) is 30.3 Å². The Morgan fingerprint density at radius 3 is 2.41 bits per heavy atom. The molecule has 204 valence electrons. The van der Waals surface area contributed by atoms with E-state index in [0.717, 1.165) is 17.7 Å². The number of likely N-dealkylation sites (tertiary alicyclic amines) is 1. The van der Waals surface area contributed by atoms with Crippen LogP contribution >= 0.6 is 0 Å². The fraction of sp³-hybridized carbons (Fsp3) is 0.290. The number of aliphatic hydroxyl groups is 1. The molecule has 3 aromatic rings. The lowest BCUT2D eigenvalue weighted by Crippen LogP contribution is -2.32. The molecule has 1 aliphatic heterocycles. The standard InChI is InChI=1S/C31H34N2O6/c1-20-8-5-6-9-23(20)19-39-24-13-10-21(11-14-24)29(35)27-28(22-12-15-25(34)26(18-22)38-4)33(31(37)30(27)36)17-7-16-32(2)3/h5-6,8-15,18,28,34-35H,7,16-17,19H2,1-4H3/b29-27+/t28-/m1/s1. The fourth-order valence-electron chi connectivity index (χ4n) is 4.68. The molecular weight excluding hydrogens is 496 g/mol. The van der Waals surface area contributed by atoms with Gasteiger partial charge in [-0.25, -0.2) is 0 Å². The molecule has 3 aromatic carbocycles. The minimum Gasteiger partial charge on any atom is -0.507 e. The van der Waals surface area contributed by atoms with Gasteiger partial charge < -0.3 is 29.5 Å². The van der Waals surface area contributed by atoms with Crippen LogP contribution in [0.2, 0.25) is 0 Å². The quantitative estimate of drug-likeness (QED) is 0.223. The lowest BCUT2D eigenvalue weighted by molar-refractivity contribution is -0.139. The van der Waals surface area contributed by atoms with Crippen molar-refractivity contribution in [3.63, 3.8) is 0 Å². The number of ether oxygens (including phenoxy) is 2. The van der Waals surface area contributed by atoms with E-state index in [1.807, 2.05) is 50.2 Å². The van der Waals surface area contributed by atoms with E-state index in [2.05, 4.69) is 0 Å². The Bertz CT molecular complexity index is 1380. The zero-order chi connectivity index (χ0) is 28.1. The van der Waals surface area contributed by atoms with E-state index in [4.69, 9.17) is 9.47 Å². The van der Waals surface area contributed by atoms with Gasteiger partial charge in [-0.2, -0.15) is 0 Å². The molecule has 0 saturated carbocycles. The van der Waals surface area contributed by atoms with Gasteiger partial charge in [-0.3, -0.25) is 9.59 Å². The van der Waals surface area contributed by atoms with Gasteiger partial charge >= 0.3 is 0 Å². The molecular formula is C31H34N2O6. The van der Waals surface area contributed by atoms with Crippen LogP contribution in [0.3, 0.4) is 0 Å². The Balaban J connectivity index is 1.67. The van der Waals surface area contributed by atoms with Gasteiger partial charge in [-0.15, -0.1) is 0 Å². The highest BCUT2D eigenvalue weighted by Gasteiger charge is 2.46. The van der Waals surface area contributed by atoms with Gasteiger partial charge in [0.25, 0.3) is 11.7 Å². The second-order valence-corrected chi connectivity index (χ2v) is 9.82. The largest absolute Gasteiger partial charge is 0.507 e. The number of ketones is 1. The van der Waals surface area contributed by atoms with Gasteiger partial charge in [0.15, 0.2) is 11.5 Å². The number of rotatable bonds is 10. The molecule has 1 fully saturated rings. The Kier molecular flexibility index (Phi) is 8.56. The summed E-state index contributed by atoms with van der Waals surface area (Å²) in [6, 6.07) is 18.6. The van der Waals surface area contributed by atoms with Gasteiger partial charge in [0.05, 0.1) is 18.7 Å². The smallest absolute Gasteiger partial charge is 0.295 e. The maximum atomic E-state index is 13.3. The number of aliphatic hydroxyl groups excluding tert-OH is 1. The maximum Gasteiger partial charge on any atom is 0.295 e. The van der Waals surface area contributed by atoms with Crippen molar-refractivity contribution in [2.75, 3.05) is 34.3 Å². The number of hydrogen-bond acceptors (Lipinski definition) is 7. The maximum absolute atomic E-state index is 13.3. The van der Waals surface area contributed by atoms with Crippen molar-refractivity contribution in [2.45, 2.75) is 26.0 Å². The van der Waals surface area contributed by atoms with Gasteiger partial charge in [-0.05, 0) is 87.1 Å². The molecule has 1 aliphatic rings. The Morgan fingerprint density at radius 2 is 1.74 bits per heavy atom. The van der Waals surface area contributed by atoms with Crippen LogP contribution in [0.4, 0.5) is 0 Å². The number of hydrogen-bond donors (Lipinski definition) is 2. The van der Waals surface area contributed by atoms with Crippen molar-refractivity contribution < 1.29 is 29.3 Å². The van der Waals surface area contributed by atoms with Crippen LogP contribution in [0, 0.1) is 6.92 Å². The average Bonchev–Trinajstić information content (AvgIpc) is 3.17. The lowest BCUT2D eigenvalue weighted by Gasteiger charge is -2.26. The van der Waals surface area contributed by atoms with Crippen molar-refractivity contribution in [3.05, 3.63) is 94.6 Å². The number of amides is 1. The molecule has 0 unspecified atom stereocenters. The highest BCUT2D eigenvalue weighted by atomic mass is 16.5. The van der Waals surface area contributed by atoms with Crippen LogP contribution in [-0.4, -0.2) is 66.0 Å². The van der Waals surface area contributed by atoms with Gasteiger partial charge in [0, 0.05) is 12.1 Å². The number of phenols is 1. The van der Waals surface area contributed by atoms with Gasteiger partial charge in [0.2, 0.25) is 0 Å². The summed E-state index contributed by atoms with van der Waals surface area (Å²) in [6.07, 6.45) is 0.638. The molecule has 8 heteroatoms. The molecule has 2 N–H and O–H groups in total. The van der Waals surface area contributed by atoms with Crippen molar-refractivity contribution >= 4 is 17.4 Å². The Morgan fingerprint density at radius 1 is 1.03 bits per heavy atom. The molecule has 39 heavy (non-hydrogen) atoms. The first kappa shape index (κ1) is 27.7. The van der Waals surface area contributed by atoms with Crippen LogP contribution in [-0.2, 0) is 16.2 Å². The van der Waals surface area contributed by atoms with Crippen LogP contribution in [0.5, 0.6) is 17.2 Å². The van der Waals surface area contributed by atoms with Gasteiger partial charge in [0.1, 0.15) is 18.1 Å². The minimum absolute atomic E-state index is 0.00817. The Hall–Kier alpha value is -4.30. The average molecular weight is 531 g/mol. The third-order valence-corrected chi connectivity index (χ3v) is 6.85. The fourth-order valence-corrected chi connectivity index (χ4v) is 4.68. The second-order valence-electron chi connectivity index (χ2n) is 9.82. The SMILES string of the molecule is COc1cc([C@@H]2/C(=C(\O)c3ccc(OCc4ccccc4C)cc3)C(=O)C(=O)N2CCCN(C)C)ccc1O. The number of carbonyl (C=O) groups excluding carboxylic acids is 2. The summed E-state index contributed by atoms with van der Waals surface area (Å²) in [5.41, 5.74) is 3.14. The number of phenolic OH excluding ortho intramolecular Hbond substituents is 1. The predicted molar refractivity (Wildman–Crippen MR) is 149 cm³/mol. The van der Waals surface area contributed by atoms with E-state index in [1.165, 1.54) is 18.1 Å². The molecule has 0 aromatic heterocycles. The second kappa shape index (κ2) is 12.0. The number of nitrogens with zero attached hydrogens (tertiary/aromatic N) is 2. The third kappa shape index (κ3) is 6.07. The highest BCUT2D eigenvalue weighted by molar-refractivity contribution is 6.46. The highest BCUT2D eigenvalue weighted by Crippen LogP contribution is 2.42. The van der Waals surface area contributed by atoms with Crippen molar-refractivity contribution in [3.8, 4) is 17.2 Å². The van der Waals surface area contributed by atoms with E-state index in [-0.39, 0.29) is 22.8 Å². The summed E-state index contributed by atoms with van der Waals surface area (Å²) in [5.74, 6) is -0.946. The molecule has 0 aliphatic carbocycles. The summed E-state index contributed by atoms with van der Waals surface area (Å²) in [6.45, 7) is 3.46. The molecule has 1 atom stereocenters. The zero-order valence-electron chi connectivity index (χ0n) is 22.7. The topological polar surface area (TPSA) is 99.5 Å². The zero-order valence-corrected chi connectivity index (χ0v) is 22.7. The van der Waals surface area contributed by atoms with Crippen LogP contribution in [0.25, 0.3) is 5.76 Å². The molecule has 8 nitrogen and oxygen atoms in total. The number of carbonyl (C=O) groups is 2. The molecule has 0 spiro atoms. The molecule has 0 radical (unpaired) electrons. The number of benzene rings is 3. The van der Waals surface area contributed by atoms with Crippen molar-refractivity contribution in [1.82, 2.24) is 9.80 Å². The van der Waals surface area contributed by atoms with Crippen molar-refractivity contribution in [1.29, 1.82) is 0 Å². The Labute approximate surface area is 228 Å². The summed E-state index contributed by atoms with van der Waals surface area (Å²) >= 11 is 0. The number of aryl methyl sites for hydroxylation is 1. The summed E-state index contributed by atoms with van der Waals surface area (Å²) in [4.78, 5) is 29.9. The molecule has 0 bridgehead atoms. The van der Waals surface area contributed by atoms with E-state index in [0.29, 0.717) is 36.4 Å². The van der Waals surface area contributed by atoms with Crippen LogP contribution in [0.1, 0.15) is 34.7 Å². The van der Waals surface area contributed by atoms with E-state index < -0.39 is 17.7 Å². The van der Waals surface area contributed by atoms with Crippen LogP contribution < -0.4 is 9.47 Å². The first-order chi connectivity index (χ1) is 18.7. The molecule has 1 heterocycles. The van der Waals surface area contributed by atoms with E-state index in [1.54, 1.807) is 36.4 Å². The first-order valence-corrected chi connectivity index (χ1v) is 12.8. The number of methoxy groups -OCH3 is 1. The normalized spacial score (nSPS) is 16.6. The lowest BCUT2D eigenvalue weighted by atomic mass is 9.95. The summed E-state index contributed by atoms with van der Waals surface area (Å²) in [7, 11) is 5.30. The monoisotopic (exact) mass is 530 g/mol. The van der Waals surface area contributed by atoms with E-state index in [9.17, 15) is 19.8 Å².